The van der Waals surface area contributed by atoms with Gasteiger partial charge in [-0.1, -0.05) is 19.0 Å². The van der Waals surface area contributed by atoms with E-state index in [4.69, 9.17) is 10.9 Å². The zero-order chi connectivity index (χ0) is 15.3. The number of nitrogens with zero attached hydrogens (tertiary/aromatic N) is 4. The maximum atomic E-state index is 10.9. The average molecular weight is 281 g/mol. The van der Waals surface area contributed by atoms with Crippen LogP contribution in [0.4, 0.5) is 11.5 Å². The van der Waals surface area contributed by atoms with Gasteiger partial charge in [0.1, 0.15) is 5.82 Å². The minimum atomic E-state index is -0.613. The molecule has 0 bridgehead atoms. The molecule has 1 heterocycles. The summed E-state index contributed by atoms with van der Waals surface area (Å²) in [6, 6.07) is 2.86. The maximum absolute atomic E-state index is 10.9. The first kappa shape index (κ1) is 15.7. The van der Waals surface area contributed by atoms with E-state index in [1.165, 1.54) is 6.07 Å². The van der Waals surface area contributed by atoms with Crippen molar-refractivity contribution in [3.63, 3.8) is 0 Å². The molecule has 0 unspecified atom stereocenters. The van der Waals surface area contributed by atoms with Crippen LogP contribution in [0.3, 0.4) is 0 Å². The van der Waals surface area contributed by atoms with E-state index in [0.29, 0.717) is 11.7 Å². The van der Waals surface area contributed by atoms with Gasteiger partial charge in [0.05, 0.1) is 4.92 Å². The summed E-state index contributed by atoms with van der Waals surface area (Å²) in [4.78, 5) is 16.3. The molecule has 0 spiro atoms. The molecule has 0 amide bonds. The van der Waals surface area contributed by atoms with Crippen molar-refractivity contribution >= 4 is 17.3 Å². The van der Waals surface area contributed by atoms with Gasteiger partial charge in [0.15, 0.2) is 11.5 Å². The Morgan fingerprint density at radius 3 is 2.75 bits per heavy atom. The zero-order valence-corrected chi connectivity index (χ0v) is 11.8. The summed E-state index contributed by atoms with van der Waals surface area (Å²) in [6.45, 7) is 4.98. The normalized spacial score (nSPS) is 11.7. The molecule has 20 heavy (non-hydrogen) atoms. The Bertz CT molecular complexity index is 516. The summed E-state index contributed by atoms with van der Waals surface area (Å²) >= 11 is 0. The van der Waals surface area contributed by atoms with Gasteiger partial charge in [0, 0.05) is 19.7 Å². The highest BCUT2D eigenvalue weighted by molar-refractivity contribution is 5.99. The van der Waals surface area contributed by atoms with Crippen molar-refractivity contribution in [2.45, 2.75) is 20.3 Å². The largest absolute Gasteiger partial charge is 0.409 e. The fourth-order valence-corrected chi connectivity index (χ4v) is 1.60. The van der Waals surface area contributed by atoms with Crippen LogP contribution < -0.4 is 10.6 Å². The lowest BCUT2D eigenvalue weighted by Gasteiger charge is -2.19. The highest BCUT2D eigenvalue weighted by atomic mass is 16.6. The van der Waals surface area contributed by atoms with Gasteiger partial charge >= 0.3 is 0 Å². The van der Waals surface area contributed by atoms with E-state index in [2.05, 4.69) is 24.0 Å². The molecular weight excluding hydrogens is 262 g/mol. The van der Waals surface area contributed by atoms with Crippen LogP contribution in [0.15, 0.2) is 17.3 Å². The molecule has 110 valence electrons. The van der Waals surface area contributed by atoms with Crippen molar-refractivity contribution in [1.82, 2.24) is 4.98 Å². The number of hydrogen-bond acceptors (Lipinski definition) is 6. The second-order valence-corrected chi connectivity index (χ2v) is 4.88. The number of hydrogen-bond donors (Lipinski definition) is 2. The fourth-order valence-electron chi connectivity index (χ4n) is 1.60. The Morgan fingerprint density at radius 2 is 2.25 bits per heavy atom. The molecule has 0 aliphatic carbocycles. The lowest BCUT2D eigenvalue weighted by molar-refractivity contribution is -0.385. The first-order valence-electron chi connectivity index (χ1n) is 6.21. The maximum Gasteiger partial charge on any atom is 0.298 e. The molecule has 3 N–H and O–H groups in total. The number of rotatable bonds is 6. The van der Waals surface area contributed by atoms with Crippen LogP contribution in [0.25, 0.3) is 0 Å². The van der Waals surface area contributed by atoms with E-state index < -0.39 is 4.92 Å². The van der Waals surface area contributed by atoms with Gasteiger partial charge in [-0.15, -0.1) is 0 Å². The molecule has 0 saturated carbocycles. The molecule has 0 aliphatic heterocycles. The predicted octanol–water partition coefficient (Wildman–Crippen LogP) is 1.57. The quantitative estimate of drug-likeness (QED) is 0.268. The Kier molecular flexibility index (Phi) is 5.24. The smallest absolute Gasteiger partial charge is 0.298 e. The Balaban J connectivity index is 3.09. The van der Waals surface area contributed by atoms with Crippen LogP contribution in [0.1, 0.15) is 26.0 Å². The van der Waals surface area contributed by atoms with Crippen LogP contribution in [-0.4, -0.2) is 34.5 Å². The van der Waals surface area contributed by atoms with Gasteiger partial charge in [0.2, 0.25) is 0 Å². The monoisotopic (exact) mass is 281 g/mol. The molecule has 0 fully saturated rings. The van der Waals surface area contributed by atoms with Crippen molar-refractivity contribution in [3.05, 3.63) is 27.9 Å². The molecule has 1 aromatic rings. The summed E-state index contributed by atoms with van der Waals surface area (Å²) in [5.74, 6) is 0.702. The van der Waals surface area contributed by atoms with Gasteiger partial charge < -0.3 is 15.8 Å². The van der Waals surface area contributed by atoms with Crippen LogP contribution in [0, 0.1) is 16.0 Å². The number of pyridine rings is 1. The van der Waals surface area contributed by atoms with Crippen molar-refractivity contribution in [3.8, 4) is 0 Å². The highest BCUT2D eigenvalue weighted by Gasteiger charge is 2.20. The first-order chi connectivity index (χ1) is 9.36. The minimum Gasteiger partial charge on any atom is -0.409 e. The van der Waals surface area contributed by atoms with Crippen molar-refractivity contribution in [2.75, 3.05) is 18.5 Å². The van der Waals surface area contributed by atoms with Crippen LogP contribution in [0.2, 0.25) is 0 Å². The van der Waals surface area contributed by atoms with Crippen molar-refractivity contribution in [2.24, 2.45) is 16.8 Å². The third-order valence-corrected chi connectivity index (χ3v) is 2.84. The summed E-state index contributed by atoms with van der Waals surface area (Å²) in [6.07, 6.45) is 0.966. The fraction of sp³-hybridized carbons (Fsp3) is 0.500. The molecule has 8 nitrogen and oxygen atoms in total. The third-order valence-electron chi connectivity index (χ3n) is 2.84. The van der Waals surface area contributed by atoms with Crippen LogP contribution >= 0.6 is 0 Å². The van der Waals surface area contributed by atoms with Gasteiger partial charge in [-0.3, -0.25) is 10.1 Å². The number of oxime groups is 1. The third kappa shape index (κ3) is 3.81. The molecule has 1 rings (SSSR count). The molecule has 0 radical (unpaired) electrons. The van der Waals surface area contributed by atoms with Gasteiger partial charge in [0.25, 0.3) is 5.69 Å². The summed E-state index contributed by atoms with van der Waals surface area (Å²) in [5.41, 5.74) is 5.02. The highest BCUT2D eigenvalue weighted by Crippen LogP contribution is 2.21. The van der Waals surface area contributed by atoms with E-state index in [1.807, 2.05) is 11.9 Å². The number of amidine groups is 1. The Morgan fingerprint density at radius 1 is 1.60 bits per heavy atom. The van der Waals surface area contributed by atoms with E-state index in [9.17, 15) is 10.1 Å². The molecule has 0 aliphatic rings. The SMILES string of the molecule is CC(C)CCN(C)c1ccc([N+](=O)[O-])c(/C(N)=N/O)n1. The van der Waals surface area contributed by atoms with E-state index in [-0.39, 0.29) is 17.2 Å². The number of aromatic nitrogens is 1. The molecule has 8 heteroatoms. The van der Waals surface area contributed by atoms with Crippen LogP contribution in [-0.2, 0) is 0 Å². The lowest BCUT2D eigenvalue weighted by atomic mass is 10.1. The second kappa shape index (κ2) is 6.69. The molecule has 1 aromatic heterocycles. The molecule has 0 saturated heterocycles. The zero-order valence-electron chi connectivity index (χ0n) is 11.8. The number of anilines is 1. The number of nitro groups is 1. The topological polar surface area (TPSA) is 118 Å². The summed E-state index contributed by atoms with van der Waals surface area (Å²) < 4.78 is 0. The van der Waals surface area contributed by atoms with E-state index >= 15 is 0 Å². The number of nitrogens with two attached hydrogens (primary N) is 1. The summed E-state index contributed by atoms with van der Waals surface area (Å²) in [7, 11) is 1.84. The van der Waals surface area contributed by atoms with Gasteiger partial charge in [-0.25, -0.2) is 4.98 Å². The lowest BCUT2D eigenvalue weighted by Crippen LogP contribution is -2.23. The first-order valence-corrected chi connectivity index (χ1v) is 6.21. The molecule has 0 aromatic carbocycles. The molecular formula is C12H19N5O3. The van der Waals surface area contributed by atoms with Gasteiger partial charge in [-0.2, -0.15) is 0 Å². The second-order valence-electron chi connectivity index (χ2n) is 4.88. The van der Waals surface area contributed by atoms with Crippen LogP contribution in [0.5, 0.6) is 0 Å². The predicted molar refractivity (Wildman–Crippen MR) is 76.1 cm³/mol. The minimum absolute atomic E-state index is 0.133. The van der Waals surface area contributed by atoms with Crippen molar-refractivity contribution < 1.29 is 10.1 Å². The van der Waals surface area contributed by atoms with Crippen molar-refractivity contribution in [1.29, 1.82) is 0 Å². The Hall–Kier alpha value is -2.38. The van der Waals surface area contributed by atoms with Gasteiger partial charge in [-0.05, 0) is 18.4 Å². The summed E-state index contributed by atoms with van der Waals surface area (Å²) in [5, 5.41) is 22.4. The molecule has 0 atom stereocenters. The Labute approximate surface area is 117 Å². The average Bonchev–Trinajstić information content (AvgIpc) is 2.42. The van der Waals surface area contributed by atoms with E-state index in [0.717, 1.165) is 13.0 Å². The standard InChI is InChI=1S/C12H19N5O3/c1-8(2)6-7-16(3)10-5-4-9(17(19)20)11(14-10)12(13)15-18/h4-5,8,18H,6-7H2,1-3H3,(H2,13,15). The van der Waals surface area contributed by atoms with E-state index in [1.54, 1.807) is 6.07 Å².